The van der Waals surface area contributed by atoms with Crippen molar-refractivity contribution in [3.63, 3.8) is 0 Å². The fourth-order valence-corrected chi connectivity index (χ4v) is 2.49. The number of aliphatic hydroxyl groups is 1. The van der Waals surface area contributed by atoms with Crippen LogP contribution in [-0.4, -0.2) is 11.7 Å². The van der Waals surface area contributed by atoms with Gasteiger partial charge in [0.25, 0.3) is 0 Å². The van der Waals surface area contributed by atoms with E-state index >= 15 is 0 Å². The van der Waals surface area contributed by atoms with Gasteiger partial charge in [-0.1, -0.05) is 39.7 Å². The fourth-order valence-electron chi connectivity index (χ4n) is 2.14. The molecule has 0 bridgehead atoms. The molecule has 0 saturated heterocycles. The predicted octanol–water partition coefficient (Wildman–Crippen LogP) is 4.41. The second kappa shape index (κ2) is 6.22. The Morgan fingerprint density at radius 2 is 1.79 bits per heavy atom. The van der Waals surface area contributed by atoms with E-state index in [1.165, 1.54) is 5.56 Å². The van der Waals surface area contributed by atoms with E-state index in [2.05, 4.69) is 65.0 Å². The van der Waals surface area contributed by atoms with Gasteiger partial charge in [-0.2, -0.15) is 0 Å². The van der Waals surface area contributed by atoms with Crippen molar-refractivity contribution in [2.24, 2.45) is 0 Å². The van der Waals surface area contributed by atoms with Crippen LogP contribution in [0.15, 0.2) is 46.9 Å². The van der Waals surface area contributed by atoms with Crippen molar-refractivity contribution in [3.8, 4) is 0 Å². The van der Waals surface area contributed by atoms with Gasteiger partial charge in [-0.15, -0.1) is 0 Å². The van der Waals surface area contributed by atoms with Crippen LogP contribution in [0.3, 0.4) is 0 Å². The smallest absolute Gasteiger partial charge is 0.0702 e. The zero-order valence-corrected chi connectivity index (χ0v) is 12.8. The normalized spacial score (nSPS) is 10.5. The molecule has 3 heteroatoms. The molecule has 0 saturated carbocycles. The van der Waals surface area contributed by atoms with Crippen LogP contribution in [0.4, 0.5) is 11.4 Å². The third-order valence-corrected chi connectivity index (χ3v) is 3.66. The highest BCUT2D eigenvalue weighted by Crippen LogP contribution is 2.31. The largest absolute Gasteiger partial charge is 0.392 e. The Bertz CT molecular complexity index is 551. The van der Waals surface area contributed by atoms with Crippen molar-refractivity contribution in [1.82, 2.24) is 0 Å². The van der Waals surface area contributed by atoms with Crippen LogP contribution in [0.25, 0.3) is 0 Å². The van der Waals surface area contributed by atoms with E-state index in [9.17, 15) is 5.11 Å². The number of hydrogen-bond acceptors (Lipinski definition) is 2. The minimum atomic E-state index is 0.0466. The summed E-state index contributed by atoms with van der Waals surface area (Å²) in [6.45, 7) is 5.09. The molecule has 2 rings (SSSR count). The van der Waals surface area contributed by atoms with E-state index in [0.717, 1.165) is 28.0 Å². The van der Waals surface area contributed by atoms with Crippen LogP contribution in [0.2, 0.25) is 0 Å². The highest BCUT2D eigenvalue weighted by Gasteiger charge is 2.11. The maximum absolute atomic E-state index is 9.50. The standard InChI is InChI=1S/C16H18BrNO/c1-3-18(15-8-4-12(2)5-9-15)16-10-14(17)7-6-13(16)11-19/h4-10,19H,3,11H2,1-2H3. The van der Waals surface area contributed by atoms with E-state index in [1.54, 1.807) is 0 Å². The maximum Gasteiger partial charge on any atom is 0.0702 e. The molecule has 0 aliphatic heterocycles. The first-order valence-electron chi connectivity index (χ1n) is 6.39. The van der Waals surface area contributed by atoms with Gasteiger partial charge < -0.3 is 10.0 Å². The van der Waals surface area contributed by atoms with Crippen molar-refractivity contribution in [3.05, 3.63) is 58.1 Å². The molecule has 0 amide bonds. The number of halogens is 1. The summed E-state index contributed by atoms with van der Waals surface area (Å²) in [5.74, 6) is 0. The summed E-state index contributed by atoms with van der Waals surface area (Å²) < 4.78 is 1.02. The van der Waals surface area contributed by atoms with Crippen LogP contribution >= 0.6 is 15.9 Å². The van der Waals surface area contributed by atoms with Gasteiger partial charge in [0.05, 0.1) is 6.61 Å². The molecule has 1 N–H and O–H groups in total. The molecule has 0 aliphatic carbocycles. The fraction of sp³-hybridized carbons (Fsp3) is 0.250. The Hall–Kier alpha value is -1.32. The third-order valence-electron chi connectivity index (χ3n) is 3.17. The van der Waals surface area contributed by atoms with Gasteiger partial charge >= 0.3 is 0 Å². The molecule has 0 spiro atoms. The van der Waals surface area contributed by atoms with E-state index < -0.39 is 0 Å². The van der Waals surface area contributed by atoms with E-state index in [4.69, 9.17) is 0 Å². The first kappa shape index (κ1) is 14.1. The quantitative estimate of drug-likeness (QED) is 0.902. The molecule has 0 aliphatic rings. The van der Waals surface area contributed by atoms with Gasteiger partial charge in [-0.25, -0.2) is 0 Å². The maximum atomic E-state index is 9.50. The van der Waals surface area contributed by atoms with Crippen LogP contribution in [-0.2, 0) is 6.61 Å². The monoisotopic (exact) mass is 319 g/mol. The summed E-state index contributed by atoms with van der Waals surface area (Å²) >= 11 is 3.50. The highest BCUT2D eigenvalue weighted by molar-refractivity contribution is 9.10. The molecule has 0 atom stereocenters. The van der Waals surface area contributed by atoms with Crippen molar-refractivity contribution in [2.45, 2.75) is 20.5 Å². The highest BCUT2D eigenvalue weighted by atomic mass is 79.9. The molecule has 2 nitrogen and oxygen atoms in total. The van der Waals surface area contributed by atoms with Crippen molar-refractivity contribution in [2.75, 3.05) is 11.4 Å². The Balaban J connectivity index is 2.47. The van der Waals surface area contributed by atoms with Gasteiger partial charge in [-0.05, 0) is 38.1 Å². The SMILES string of the molecule is CCN(c1ccc(C)cc1)c1cc(Br)ccc1CO. The molecule has 100 valence electrons. The molecule has 2 aromatic rings. The number of anilines is 2. The average molecular weight is 320 g/mol. The Morgan fingerprint density at radius 1 is 1.11 bits per heavy atom. The molecular formula is C16H18BrNO. The van der Waals surface area contributed by atoms with Crippen molar-refractivity contribution in [1.29, 1.82) is 0 Å². The lowest BCUT2D eigenvalue weighted by atomic mass is 10.1. The predicted molar refractivity (Wildman–Crippen MR) is 83.9 cm³/mol. The average Bonchev–Trinajstić information content (AvgIpc) is 2.42. The first-order chi connectivity index (χ1) is 9.15. The molecule has 2 aromatic carbocycles. The Labute approximate surface area is 122 Å². The Kier molecular flexibility index (Phi) is 4.61. The van der Waals surface area contributed by atoms with Crippen molar-refractivity contribution >= 4 is 27.3 Å². The molecule has 0 fully saturated rings. The lowest BCUT2D eigenvalue weighted by Crippen LogP contribution is -2.17. The van der Waals surface area contributed by atoms with Crippen molar-refractivity contribution < 1.29 is 5.11 Å². The number of rotatable bonds is 4. The lowest BCUT2D eigenvalue weighted by molar-refractivity contribution is 0.282. The summed E-state index contributed by atoms with van der Waals surface area (Å²) in [4.78, 5) is 2.20. The van der Waals surface area contributed by atoms with Gasteiger partial charge in [0.2, 0.25) is 0 Å². The van der Waals surface area contributed by atoms with Gasteiger partial charge in [-0.3, -0.25) is 0 Å². The van der Waals surface area contributed by atoms with Crippen LogP contribution < -0.4 is 4.90 Å². The van der Waals surface area contributed by atoms with E-state index in [-0.39, 0.29) is 6.61 Å². The number of hydrogen-bond donors (Lipinski definition) is 1. The summed E-state index contributed by atoms with van der Waals surface area (Å²) in [5, 5.41) is 9.50. The molecule has 0 unspecified atom stereocenters. The zero-order valence-electron chi connectivity index (χ0n) is 11.2. The summed E-state index contributed by atoms with van der Waals surface area (Å²) in [6.07, 6.45) is 0. The molecule has 0 aromatic heterocycles. The molecular weight excluding hydrogens is 302 g/mol. The topological polar surface area (TPSA) is 23.5 Å². The molecule has 0 heterocycles. The summed E-state index contributed by atoms with van der Waals surface area (Å²) in [6, 6.07) is 14.4. The Morgan fingerprint density at radius 3 is 2.37 bits per heavy atom. The summed E-state index contributed by atoms with van der Waals surface area (Å²) in [7, 11) is 0. The minimum Gasteiger partial charge on any atom is -0.392 e. The van der Waals surface area contributed by atoms with Gasteiger partial charge in [0.15, 0.2) is 0 Å². The second-order valence-corrected chi connectivity index (χ2v) is 5.43. The number of aliphatic hydroxyl groups excluding tert-OH is 1. The summed E-state index contributed by atoms with van der Waals surface area (Å²) in [5.41, 5.74) is 4.37. The molecule has 0 radical (unpaired) electrons. The number of aryl methyl sites for hydroxylation is 1. The van der Waals surface area contributed by atoms with E-state index in [1.807, 2.05) is 12.1 Å². The van der Waals surface area contributed by atoms with Crippen LogP contribution in [0.1, 0.15) is 18.1 Å². The third kappa shape index (κ3) is 3.17. The second-order valence-electron chi connectivity index (χ2n) is 4.51. The van der Waals surface area contributed by atoms with Gasteiger partial charge in [0, 0.05) is 28.0 Å². The lowest BCUT2D eigenvalue weighted by Gasteiger charge is -2.26. The van der Waals surface area contributed by atoms with Gasteiger partial charge in [0.1, 0.15) is 0 Å². The zero-order chi connectivity index (χ0) is 13.8. The number of benzene rings is 2. The number of nitrogens with zero attached hydrogens (tertiary/aromatic N) is 1. The van der Waals surface area contributed by atoms with Crippen LogP contribution in [0.5, 0.6) is 0 Å². The van der Waals surface area contributed by atoms with E-state index in [0.29, 0.717) is 0 Å². The minimum absolute atomic E-state index is 0.0466. The molecule has 19 heavy (non-hydrogen) atoms. The first-order valence-corrected chi connectivity index (χ1v) is 7.18. The van der Waals surface area contributed by atoms with Crippen LogP contribution in [0, 0.1) is 6.92 Å².